The first-order chi connectivity index (χ1) is 14.9. The number of hydrogen-bond donors (Lipinski definition) is 2. The molecule has 31 heavy (non-hydrogen) atoms. The molecule has 6 nitrogen and oxygen atoms in total. The van der Waals surface area contributed by atoms with E-state index >= 15 is 0 Å². The highest BCUT2D eigenvalue weighted by atomic mass is 19.1. The van der Waals surface area contributed by atoms with E-state index in [-0.39, 0.29) is 17.2 Å². The molecule has 0 saturated carbocycles. The minimum atomic E-state index is -0.555. The van der Waals surface area contributed by atoms with Gasteiger partial charge < -0.3 is 10.6 Å². The van der Waals surface area contributed by atoms with Crippen LogP contribution in [0.1, 0.15) is 12.5 Å². The summed E-state index contributed by atoms with van der Waals surface area (Å²) in [5, 5.41) is 5.56. The number of carbonyl (C=O) groups is 3. The predicted octanol–water partition coefficient (Wildman–Crippen LogP) is 4.18. The van der Waals surface area contributed by atoms with E-state index in [4.69, 9.17) is 0 Å². The third-order valence-corrected chi connectivity index (χ3v) is 4.69. The molecule has 0 atom stereocenters. The molecule has 1 aliphatic heterocycles. The highest BCUT2D eigenvalue weighted by Crippen LogP contribution is 2.34. The van der Waals surface area contributed by atoms with Crippen molar-refractivity contribution in [2.24, 2.45) is 0 Å². The van der Waals surface area contributed by atoms with Gasteiger partial charge in [-0.15, -0.1) is 0 Å². The first kappa shape index (κ1) is 20.0. The van der Waals surface area contributed by atoms with Crippen LogP contribution >= 0.6 is 0 Å². The molecular weight excluding hydrogens is 397 g/mol. The normalized spacial score (nSPS) is 13.5. The highest BCUT2D eigenvalue weighted by Gasteiger charge is 2.40. The lowest BCUT2D eigenvalue weighted by Gasteiger charge is -2.16. The van der Waals surface area contributed by atoms with Crippen LogP contribution in [-0.2, 0) is 14.4 Å². The third-order valence-electron chi connectivity index (χ3n) is 4.69. The molecule has 2 N–H and O–H groups in total. The average Bonchev–Trinajstić information content (AvgIpc) is 2.98. The second-order valence-corrected chi connectivity index (χ2v) is 6.93. The van der Waals surface area contributed by atoms with Crippen LogP contribution in [0.2, 0.25) is 0 Å². The summed E-state index contributed by atoms with van der Waals surface area (Å²) in [6.07, 6.45) is 0. The average molecular weight is 415 g/mol. The Balaban J connectivity index is 1.74. The van der Waals surface area contributed by atoms with Crippen molar-refractivity contribution >= 4 is 40.4 Å². The molecule has 154 valence electrons. The number of nitrogens with zero attached hydrogens (tertiary/aromatic N) is 1. The Bertz CT molecular complexity index is 1200. The number of rotatable bonds is 5. The summed E-state index contributed by atoms with van der Waals surface area (Å²) in [6.45, 7) is 1.39. The van der Waals surface area contributed by atoms with Crippen LogP contribution in [0.5, 0.6) is 0 Å². The topological polar surface area (TPSA) is 78.5 Å². The quantitative estimate of drug-likeness (QED) is 0.613. The summed E-state index contributed by atoms with van der Waals surface area (Å²) in [7, 11) is 0. The molecule has 3 aromatic carbocycles. The summed E-state index contributed by atoms with van der Waals surface area (Å²) < 4.78 is 13.7. The lowest BCUT2D eigenvalue weighted by Crippen LogP contribution is -2.32. The fourth-order valence-electron chi connectivity index (χ4n) is 3.36. The van der Waals surface area contributed by atoms with E-state index in [1.807, 2.05) is 6.07 Å². The maximum absolute atomic E-state index is 13.7. The standard InChI is InChI=1S/C24H18FN3O3/c1-15(29)26-18-10-12-20(13-11-18)28-23(30)21(16-6-3-2-4-7-16)22(24(28)31)27-19-9-5-8-17(25)14-19/h2-14,27H,1H3,(H,26,29). The summed E-state index contributed by atoms with van der Waals surface area (Å²) in [5.41, 5.74) is 2.08. The zero-order valence-corrected chi connectivity index (χ0v) is 16.6. The molecule has 3 amide bonds. The first-order valence-electron chi connectivity index (χ1n) is 9.53. The van der Waals surface area contributed by atoms with Crippen LogP contribution in [0.4, 0.5) is 21.5 Å². The Morgan fingerprint density at radius 2 is 1.55 bits per heavy atom. The summed E-state index contributed by atoms with van der Waals surface area (Å²) in [4.78, 5) is 38.9. The fourth-order valence-corrected chi connectivity index (χ4v) is 3.36. The van der Waals surface area contributed by atoms with Crippen LogP contribution in [-0.4, -0.2) is 17.7 Å². The van der Waals surface area contributed by atoms with E-state index < -0.39 is 17.6 Å². The monoisotopic (exact) mass is 415 g/mol. The van der Waals surface area contributed by atoms with Gasteiger partial charge in [-0.25, -0.2) is 9.29 Å². The summed E-state index contributed by atoms with van der Waals surface area (Å²) in [5.74, 6) is -1.74. The number of amides is 3. The van der Waals surface area contributed by atoms with Crippen molar-refractivity contribution in [2.45, 2.75) is 6.92 Å². The van der Waals surface area contributed by atoms with E-state index in [0.29, 0.717) is 22.6 Å². The van der Waals surface area contributed by atoms with Crippen molar-refractivity contribution in [2.75, 3.05) is 15.5 Å². The minimum Gasteiger partial charge on any atom is -0.350 e. The van der Waals surface area contributed by atoms with Gasteiger partial charge in [-0.2, -0.15) is 0 Å². The van der Waals surface area contributed by atoms with Crippen molar-refractivity contribution < 1.29 is 18.8 Å². The van der Waals surface area contributed by atoms with E-state index in [2.05, 4.69) is 10.6 Å². The Morgan fingerprint density at radius 1 is 0.839 bits per heavy atom. The maximum atomic E-state index is 13.7. The fraction of sp³-hybridized carbons (Fsp3) is 0.0417. The number of imide groups is 1. The lowest BCUT2D eigenvalue weighted by atomic mass is 10.0. The van der Waals surface area contributed by atoms with Crippen molar-refractivity contribution in [3.05, 3.63) is 95.9 Å². The van der Waals surface area contributed by atoms with Crippen LogP contribution in [0.15, 0.2) is 84.6 Å². The SMILES string of the molecule is CC(=O)Nc1ccc(N2C(=O)C(Nc3cccc(F)c3)=C(c3ccccc3)C2=O)cc1. The van der Waals surface area contributed by atoms with Crippen molar-refractivity contribution in [3.8, 4) is 0 Å². The molecular formula is C24H18FN3O3. The molecule has 1 aliphatic rings. The van der Waals surface area contributed by atoms with Gasteiger partial charge in [0.2, 0.25) is 5.91 Å². The van der Waals surface area contributed by atoms with E-state index in [0.717, 1.165) is 4.90 Å². The van der Waals surface area contributed by atoms with Gasteiger partial charge in [0.05, 0.1) is 11.3 Å². The summed E-state index contributed by atoms with van der Waals surface area (Å²) in [6, 6.07) is 20.9. The molecule has 0 spiro atoms. The molecule has 3 aromatic rings. The van der Waals surface area contributed by atoms with Gasteiger partial charge in [0.15, 0.2) is 0 Å². The van der Waals surface area contributed by atoms with Gasteiger partial charge in [0, 0.05) is 18.3 Å². The molecule has 0 radical (unpaired) electrons. The largest absolute Gasteiger partial charge is 0.350 e. The van der Waals surface area contributed by atoms with E-state index in [1.54, 1.807) is 54.6 Å². The number of nitrogens with one attached hydrogen (secondary N) is 2. The summed E-state index contributed by atoms with van der Waals surface area (Å²) >= 11 is 0. The number of carbonyl (C=O) groups excluding carboxylic acids is 3. The lowest BCUT2D eigenvalue weighted by molar-refractivity contribution is -0.120. The van der Waals surface area contributed by atoms with E-state index in [1.165, 1.54) is 25.1 Å². The van der Waals surface area contributed by atoms with E-state index in [9.17, 15) is 18.8 Å². The van der Waals surface area contributed by atoms with Crippen LogP contribution in [0.3, 0.4) is 0 Å². The van der Waals surface area contributed by atoms with Gasteiger partial charge in [-0.3, -0.25) is 14.4 Å². The van der Waals surface area contributed by atoms with Crippen molar-refractivity contribution in [3.63, 3.8) is 0 Å². The number of anilines is 3. The molecule has 0 fully saturated rings. The minimum absolute atomic E-state index is 0.0627. The maximum Gasteiger partial charge on any atom is 0.282 e. The zero-order valence-electron chi connectivity index (χ0n) is 16.6. The number of benzene rings is 3. The predicted molar refractivity (Wildman–Crippen MR) is 117 cm³/mol. The molecule has 0 unspecified atom stereocenters. The third kappa shape index (κ3) is 4.06. The zero-order chi connectivity index (χ0) is 22.0. The highest BCUT2D eigenvalue weighted by molar-refractivity contribution is 6.46. The van der Waals surface area contributed by atoms with Crippen LogP contribution < -0.4 is 15.5 Å². The molecule has 4 rings (SSSR count). The van der Waals surface area contributed by atoms with Crippen LogP contribution in [0.25, 0.3) is 5.57 Å². The molecule has 0 aliphatic carbocycles. The Kier molecular flexibility index (Phi) is 5.32. The van der Waals surface area contributed by atoms with Crippen molar-refractivity contribution in [1.29, 1.82) is 0 Å². The van der Waals surface area contributed by atoms with Gasteiger partial charge in [-0.1, -0.05) is 36.4 Å². The molecule has 0 saturated heterocycles. The second-order valence-electron chi connectivity index (χ2n) is 6.93. The number of halogens is 1. The molecule has 7 heteroatoms. The second kappa shape index (κ2) is 8.23. The van der Waals surface area contributed by atoms with Gasteiger partial charge in [0.25, 0.3) is 11.8 Å². The Hall–Kier alpha value is -4.26. The van der Waals surface area contributed by atoms with Gasteiger partial charge in [0.1, 0.15) is 11.5 Å². The first-order valence-corrected chi connectivity index (χ1v) is 9.53. The molecule has 1 heterocycles. The van der Waals surface area contributed by atoms with Crippen molar-refractivity contribution in [1.82, 2.24) is 0 Å². The smallest absolute Gasteiger partial charge is 0.282 e. The van der Waals surface area contributed by atoms with Gasteiger partial charge >= 0.3 is 0 Å². The van der Waals surface area contributed by atoms with Crippen LogP contribution in [0, 0.1) is 5.82 Å². The van der Waals surface area contributed by atoms with Gasteiger partial charge in [-0.05, 0) is 48.0 Å². The Morgan fingerprint density at radius 3 is 2.19 bits per heavy atom. The molecule has 0 aromatic heterocycles. The molecule has 0 bridgehead atoms. The number of hydrogen-bond acceptors (Lipinski definition) is 4. The Labute approximate surface area is 178 Å².